The Morgan fingerprint density at radius 3 is 2.49 bits per heavy atom. The number of alkyl halides is 2. The first-order valence-corrected chi connectivity index (χ1v) is 13.6. The number of halogens is 3. The van der Waals surface area contributed by atoms with E-state index in [1.54, 1.807) is 30.5 Å². The first-order valence-electron chi connectivity index (χ1n) is 13.2. The Morgan fingerprint density at radius 1 is 1.08 bits per heavy atom. The smallest absolute Gasteiger partial charge is 0.268 e. The molecule has 2 saturated carbocycles. The van der Waals surface area contributed by atoms with Gasteiger partial charge in [-0.15, -0.1) is 0 Å². The molecule has 10 heteroatoms. The topological polar surface area (TPSA) is 79.3 Å². The number of benzene rings is 1. The molecule has 2 aromatic heterocycles. The molecule has 2 N–H and O–H groups in total. The highest BCUT2D eigenvalue weighted by atomic mass is 35.5. The van der Waals surface area contributed by atoms with Crippen molar-refractivity contribution in [3.05, 3.63) is 70.8 Å². The van der Waals surface area contributed by atoms with Crippen molar-refractivity contribution in [2.75, 3.05) is 18.9 Å². The van der Waals surface area contributed by atoms with Crippen molar-refractivity contribution >= 4 is 29.1 Å². The number of likely N-dealkylation sites (N-methyl/N-ethyl adjacent to an activating group) is 1. The Morgan fingerprint density at radius 2 is 1.79 bits per heavy atom. The van der Waals surface area contributed by atoms with E-state index in [9.17, 15) is 18.4 Å². The maximum absolute atomic E-state index is 14.0. The number of carbonyl (C=O) groups is 2. The van der Waals surface area contributed by atoms with Crippen molar-refractivity contribution in [3.8, 4) is 11.1 Å². The van der Waals surface area contributed by atoms with E-state index in [4.69, 9.17) is 11.6 Å². The standard InChI is InChI=1S/C29H30ClF2N5O2/c1-16-25(23(30)9-10-33-16)17-3-5-19(6-4-17)34-28(39)26(18-13-21-22(14-18)29(21,31)32)35-27(38)24-8-7-20-15-36(2)11-12-37(20)24/h3-10,18,21-22,26H,11-15H2,1-2H3,(H,34,39)(H,35,38)/t18?,21-,22+,26?. The van der Waals surface area contributed by atoms with Gasteiger partial charge in [-0.2, -0.15) is 0 Å². The van der Waals surface area contributed by atoms with Crippen LogP contribution in [0.2, 0.25) is 5.02 Å². The van der Waals surface area contributed by atoms with Gasteiger partial charge in [0.25, 0.3) is 11.8 Å². The van der Waals surface area contributed by atoms with Gasteiger partial charge in [0, 0.05) is 60.3 Å². The van der Waals surface area contributed by atoms with E-state index in [0.29, 0.717) is 22.9 Å². The number of aryl methyl sites for hydroxylation is 1. The third-order valence-corrected chi connectivity index (χ3v) is 8.81. The monoisotopic (exact) mass is 553 g/mol. The second kappa shape index (κ2) is 9.71. The second-order valence-electron chi connectivity index (χ2n) is 11.0. The van der Waals surface area contributed by atoms with Gasteiger partial charge in [0.1, 0.15) is 11.7 Å². The number of fused-ring (bicyclic) bond motifs is 2. The molecule has 0 spiro atoms. The Labute approximate surface area is 230 Å². The lowest BCUT2D eigenvalue weighted by Gasteiger charge is -2.28. The van der Waals surface area contributed by atoms with Crippen LogP contribution in [0.15, 0.2) is 48.7 Å². The predicted molar refractivity (Wildman–Crippen MR) is 145 cm³/mol. The van der Waals surface area contributed by atoms with Crippen LogP contribution in [-0.2, 0) is 17.9 Å². The highest BCUT2D eigenvalue weighted by molar-refractivity contribution is 6.33. The lowest BCUT2D eigenvalue weighted by atomic mass is 9.92. The Balaban J connectivity index is 1.21. The number of nitrogens with one attached hydrogen (secondary N) is 2. The van der Waals surface area contributed by atoms with E-state index in [1.807, 2.05) is 36.7 Å². The summed E-state index contributed by atoms with van der Waals surface area (Å²) in [6.07, 6.45) is 2.07. The summed E-state index contributed by atoms with van der Waals surface area (Å²) in [5.74, 6) is -5.21. The van der Waals surface area contributed by atoms with E-state index in [2.05, 4.69) is 20.5 Å². The summed E-state index contributed by atoms with van der Waals surface area (Å²) in [4.78, 5) is 33.4. The first-order chi connectivity index (χ1) is 18.6. The summed E-state index contributed by atoms with van der Waals surface area (Å²) in [5, 5.41) is 6.38. The van der Waals surface area contributed by atoms with Crippen molar-refractivity contribution in [2.24, 2.45) is 17.8 Å². The van der Waals surface area contributed by atoms with Crippen LogP contribution >= 0.6 is 11.6 Å². The van der Waals surface area contributed by atoms with Crippen molar-refractivity contribution in [1.82, 2.24) is 19.8 Å². The molecule has 204 valence electrons. The number of rotatable bonds is 6. The van der Waals surface area contributed by atoms with E-state index in [1.165, 1.54) is 0 Å². The normalized spacial score (nSPS) is 24.0. The van der Waals surface area contributed by atoms with Crippen molar-refractivity contribution in [3.63, 3.8) is 0 Å². The fraction of sp³-hybridized carbons (Fsp3) is 0.414. The Hall–Kier alpha value is -3.30. The van der Waals surface area contributed by atoms with Crippen molar-refractivity contribution in [2.45, 2.75) is 44.8 Å². The van der Waals surface area contributed by atoms with Gasteiger partial charge in [0.05, 0.1) is 5.02 Å². The summed E-state index contributed by atoms with van der Waals surface area (Å²) in [6, 6.07) is 11.7. The van der Waals surface area contributed by atoms with E-state index in [-0.39, 0.29) is 24.7 Å². The summed E-state index contributed by atoms with van der Waals surface area (Å²) in [6.45, 7) is 4.09. The average Bonchev–Trinajstić information content (AvgIpc) is 3.29. The Kier molecular flexibility index (Phi) is 6.46. The average molecular weight is 554 g/mol. The van der Waals surface area contributed by atoms with Crippen LogP contribution in [0.25, 0.3) is 11.1 Å². The number of hydrogen-bond donors (Lipinski definition) is 2. The molecule has 3 heterocycles. The van der Waals surface area contributed by atoms with Crippen LogP contribution in [0.5, 0.6) is 0 Å². The molecule has 1 aliphatic heterocycles. The molecule has 7 nitrogen and oxygen atoms in total. The van der Waals surface area contributed by atoms with Gasteiger partial charge >= 0.3 is 0 Å². The van der Waals surface area contributed by atoms with Gasteiger partial charge in [-0.05, 0) is 68.6 Å². The van der Waals surface area contributed by atoms with Gasteiger partial charge in [-0.3, -0.25) is 19.5 Å². The fourth-order valence-corrected chi connectivity index (χ4v) is 6.60. The lowest BCUT2D eigenvalue weighted by Crippen LogP contribution is -2.49. The maximum Gasteiger partial charge on any atom is 0.268 e. The molecule has 2 unspecified atom stereocenters. The molecule has 2 amide bonds. The van der Waals surface area contributed by atoms with E-state index in [0.717, 1.165) is 35.6 Å². The summed E-state index contributed by atoms with van der Waals surface area (Å²) < 4.78 is 29.9. The van der Waals surface area contributed by atoms with Crippen molar-refractivity contribution < 1.29 is 18.4 Å². The Bertz CT molecular complexity index is 1410. The van der Waals surface area contributed by atoms with Gasteiger partial charge in [0.2, 0.25) is 5.91 Å². The molecular formula is C29H30ClF2N5O2. The minimum absolute atomic E-state index is 0.213. The second-order valence-corrected chi connectivity index (χ2v) is 11.4. The molecule has 1 aromatic carbocycles. The zero-order valence-corrected chi connectivity index (χ0v) is 22.5. The maximum atomic E-state index is 14.0. The summed E-state index contributed by atoms with van der Waals surface area (Å²) >= 11 is 6.37. The number of aromatic nitrogens is 2. The third-order valence-electron chi connectivity index (χ3n) is 8.49. The molecule has 0 saturated heterocycles. The number of anilines is 1. The number of carbonyl (C=O) groups excluding carboxylic acids is 2. The molecule has 0 bridgehead atoms. The number of nitrogens with zero attached hydrogens (tertiary/aromatic N) is 3. The van der Waals surface area contributed by atoms with Crippen LogP contribution < -0.4 is 10.6 Å². The van der Waals surface area contributed by atoms with Crippen LogP contribution in [0.3, 0.4) is 0 Å². The van der Waals surface area contributed by atoms with E-state index >= 15 is 0 Å². The highest BCUT2D eigenvalue weighted by Gasteiger charge is 2.72. The van der Waals surface area contributed by atoms with E-state index < -0.39 is 29.7 Å². The number of amides is 2. The molecule has 6 rings (SSSR count). The van der Waals surface area contributed by atoms with Gasteiger partial charge in [-0.1, -0.05) is 23.7 Å². The van der Waals surface area contributed by atoms with Crippen LogP contribution in [0, 0.1) is 24.7 Å². The molecule has 2 aliphatic carbocycles. The minimum atomic E-state index is -2.66. The fourth-order valence-electron chi connectivity index (χ4n) is 6.30. The number of hydrogen-bond acceptors (Lipinski definition) is 4. The van der Waals surface area contributed by atoms with Gasteiger partial charge in [-0.25, -0.2) is 8.78 Å². The summed E-state index contributed by atoms with van der Waals surface area (Å²) in [5.41, 5.74) is 4.51. The zero-order chi connectivity index (χ0) is 27.5. The SMILES string of the molecule is Cc1nccc(Cl)c1-c1ccc(NC(=O)C(NC(=O)c2ccc3n2CCN(C)C3)C2C[C@@H]3[C@H](C2)C3(F)F)cc1. The highest BCUT2D eigenvalue weighted by Crippen LogP contribution is 2.66. The van der Waals surface area contributed by atoms with Crippen LogP contribution in [-0.4, -0.2) is 51.8 Å². The largest absolute Gasteiger partial charge is 0.339 e. The molecule has 39 heavy (non-hydrogen) atoms. The van der Waals surface area contributed by atoms with Gasteiger partial charge in [0.15, 0.2) is 0 Å². The van der Waals surface area contributed by atoms with Gasteiger partial charge < -0.3 is 15.2 Å². The van der Waals surface area contributed by atoms with Crippen LogP contribution in [0.1, 0.15) is 34.7 Å². The summed E-state index contributed by atoms with van der Waals surface area (Å²) in [7, 11) is 2.02. The third kappa shape index (κ3) is 4.72. The predicted octanol–water partition coefficient (Wildman–Crippen LogP) is 4.99. The van der Waals surface area contributed by atoms with Crippen LogP contribution in [0.4, 0.5) is 14.5 Å². The molecule has 3 aliphatic rings. The molecule has 3 aromatic rings. The van der Waals surface area contributed by atoms with Crippen molar-refractivity contribution in [1.29, 1.82) is 0 Å². The molecule has 4 atom stereocenters. The lowest BCUT2D eigenvalue weighted by molar-refractivity contribution is -0.119. The zero-order valence-electron chi connectivity index (χ0n) is 21.8. The first kappa shape index (κ1) is 26.0. The molecule has 0 radical (unpaired) electrons. The minimum Gasteiger partial charge on any atom is -0.339 e. The molecule has 2 fully saturated rings. The quantitative estimate of drug-likeness (QED) is 0.451. The molecular weight excluding hydrogens is 524 g/mol. The number of pyridine rings is 1.